The van der Waals surface area contributed by atoms with Crippen LogP contribution in [0.4, 0.5) is 10.5 Å². The molecule has 0 bridgehead atoms. The number of carbonyl (C=O) groups excluding carboxylic acids is 2. The van der Waals surface area contributed by atoms with E-state index >= 15 is 0 Å². The topological polar surface area (TPSA) is 99.2 Å². The van der Waals surface area contributed by atoms with Gasteiger partial charge in [-0.3, -0.25) is 9.69 Å². The monoisotopic (exact) mass is 367 g/mol. The van der Waals surface area contributed by atoms with Crippen molar-refractivity contribution in [2.45, 2.75) is 18.6 Å². The van der Waals surface area contributed by atoms with E-state index in [9.17, 15) is 19.5 Å². The second kappa shape index (κ2) is 6.89. The lowest BCUT2D eigenvalue weighted by Crippen LogP contribution is -2.40. The number of nitrogens with one attached hydrogen (secondary N) is 1. The van der Waals surface area contributed by atoms with Gasteiger partial charge in [-0.2, -0.15) is 0 Å². The van der Waals surface area contributed by atoms with E-state index in [1.165, 1.54) is 29.0 Å². The number of likely N-dealkylation sites (tertiary alicyclic amines) is 1. The summed E-state index contributed by atoms with van der Waals surface area (Å²) < 4.78 is 5.21. The zero-order valence-corrected chi connectivity index (χ0v) is 14.3. The molecule has 2 N–H and O–H groups in total. The van der Waals surface area contributed by atoms with Crippen LogP contribution in [0.25, 0.3) is 0 Å². The molecule has 0 aliphatic carbocycles. The van der Waals surface area contributed by atoms with Gasteiger partial charge in [0.1, 0.15) is 6.04 Å². The molecule has 0 radical (unpaired) electrons. The molecule has 8 nitrogen and oxygen atoms in total. The van der Waals surface area contributed by atoms with Crippen LogP contribution in [0.1, 0.15) is 16.8 Å². The fourth-order valence-electron chi connectivity index (χ4n) is 3.14. The van der Waals surface area contributed by atoms with Gasteiger partial charge in [0.05, 0.1) is 16.7 Å². The van der Waals surface area contributed by atoms with Crippen molar-refractivity contribution < 1.29 is 24.2 Å². The molecule has 0 spiro atoms. The summed E-state index contributed by atoms with van der Waals surface area (Å²) in [5, 5.41) is 12.3. The molecule has 2 atom stereocenters. The molecular formula is C16H18ClN3O5. The molecular weight excluding hydrogens is 350 g/mol. The molecule has 0 aromatic heterocycles. The number of hydrogen-bond donors (Lipinski definition) is 2. The number of aliphatic carboxylic acids is 1. The average molecular weight is 368 g/mol. The summed E-state index contributed by atoms with van der Waals surface area (Å²) in [4.78, 5) is 38.9. The van der Waals surface area contributed by atoms with Crippen molar-refractivity contribution in [3.05, 3.63) is 28.8 Å². The van der Waals surface area contributed by atoms with Gasteiger partial charge in [0.25, 0.3) is 5.91 Å². The van der Waals surface area contributed by atoms with Crippen LogP contribution in [0.15, 0.2) is 18.2 Å². The van der Waals surface area contributed by atoms with E-state index in [1.54, 1.807) is 6.07 Å². The van der Waals surface area contributed by atoms with Gasteiger partial charge in [-0.25, -0.2) is 9.59 Å². The van der Waals surface area contributed by atoms with Gasteiger partial charge in [-0.05, 0) is 18.2 Å². The number of amides is 3. The molecule has 2 aliphatic heterocycles. The van der Waals surface area contributed by atoms with Crippen LogP contribution >= 0.6 is 11.6 Å². The third-order valence-electron chi connectivity index (χ3n) is 4.49. The Bertz CT molecular complexity index is 726. The molecule has 0 saturated carbocycles. The smallest absolute Gasteiger partial charge is 0.326 e. The van der Waals surface area contributed by atoms with E-state index in [0.29, 0.717) is 18.8 Å². The first kappa shape index (κ1) is 17.5. The minimum Gasteiger partial charge on any atom is -0.480 e. The Hall–Kier alpha value is -2.32. The summed E-state index contributed by atoms with van der Waals surface area (Å²) >= 11 is 6.16. The van der Waals surface area contributed by atoms with E-state index in [-0.39, 0.29) is 35.7 Å². The van der Waals surface area contributed by atoms with Crippen molar-refractivity contribution in [1.82, 2.24) is 10.2 Å². The quantitative estimate of drug-likeness (QED) is 0.832. The Kier molecular flexibility index (Phi) is 4.82. The van der Waals surface area contributed by atoms with E-state index in [1.807, 2.05) is 0 Å². The predicted molar refractivity (Wildman–Crippen MR) is 90.1 cm³/mol. The minimum absolute atomic E-state index is 0.168. The summed E-state index contributed by atoms with van der Waals surface area (Å²) in [7, 11) is 1.48. The van der Waals surface area contributed by atoms with Crippen molar-refractivity contribution in [2.24, 2.45) is 0 Å². The molecule has 3 amide bonds. The Balaban J connectivity index is 1.91. The molecule has 2 unspecified atom stereocenters. The second-order valence-electron chi connectivity index (χ2n) is 5.95. The molecule has 9 heteroatoms. The first-order valence-electron chi connectivity index (χ1n) is 7.84. The summed E-state index contributed by atoms with van der Waals surface area (Å²) in [6.07, 6.45) is -0.111. The number of halogens is 1. The van der Waals surface area contributed by atoms with E-state index < -0.39 is 17.9 Å². The molecule has 1 aromatic carbocycles. The van der Waals surface area contributed by atoms with Crippen LogP contribution in [-0.4, -0.2) is 66.8 Å². The van der Waals surface area contributed by atoms with Gasteiger partial charge < -0.3 is 20.1 Å². The standard InChI is InChI=1S/C16H18ClN3O5/c1-25-10-7-13(15(22)23)20(8-10)14(21)11-6-9(2-3-12(11)17)19-5-4-18-16(19)24/h2-3,6,10,13H,4-5,7-8H2,1H3,(H,18,24)(H,22,23). The maximum absolute atomic E-state index is 12.9. The molecule has 2 aliphatic rings. The highest BCUT2D eigenvalue weighted by atomic mass is 35.5. The Morgan fingerprint density at radius 2 is 2.16 bits per heavy atom. The van der Waals surface area contributed by atoms with Gasteiger partial charge in [-0.15, -0.1) is 0 Å². The SMILES string of the molecule is COC1CC(C(=O)O)N(C(=O)c2cc(N3CCNC3=O)ccc2Cl)C1. The van der Waals surface area contributed by atoms with Crippen LogP contribution in [-0.2, 0) is 9.53 Å². The summed E-state index contributed by atoms with van der Waals surface area (Å²) in [6, 6.07) is 3.50. The highest BCUT2D eigenvalue weighted by Gasteiger charge is 2.40. The van der Waals surface area contributed by atoms with Gasteiger partial charge >= 0.3 is 12.0 Å². The van der Waals surface area contributed by atoms with Crippen LogP contribution in [0.5, 0.6) is 0 Å². The van der Waals surface area contributed by atoms with Gasteiger partial charge in [0.2, 0.25) is 0 Å². The lowest BCUT2D eigenvalue weighted by Gasteiger charge is -2.23. The number of benzene rings is 1. The van der Waals surface area contributed by atoms with Crippen LogP contribution in [0, 0.1) is 0 Å². The number of ether oxygens (including phenoxy) is 1. The van der Waals surface area contributed by atoms with Crippen LogP contribution in [0.2, 0.25) is 5.02 Å². The largest absolute Gasteiger partial charge is 0.480 e. The van der Waals surface area contributed by atoms with E-state index in [2.05, 4.69) is 5.32 Å². The fourth-order valence-corrected chi connectivity index (χ4v) is 3.34. The second-order valence-corrected chi connectivity index (χ2v) is 6.36. The molecule has 2 fully saturated rings. The van der Waals surface area contributed by atoms with Crippen LogP contribution < -0.4 is 10.2 Å². The van der Waals surface area contributed by atoms with Crippen molar-refractivity contribution in [1.29, 1.82) is 0 Å². The van der Waals surface area contributed by atoms with E-state index in [0.717, 1.165) is 0 Å². The Morgan fingerprint density at radius 3 is 2.76 bits per heavy atom. The zero-order valence-electron chi connectivity index (χ0n) is 13.6. The number of carbonyl (C=O) groups is 3. The highest BCUT2D eigenvalue weighted by molar-refractivity contribution is 6.34. The number of carboxylic acid groups (broad SMARTS) is 1. The summed E-state index contributed by atoms with van der Waals surface area (Å²) in [5.74, 6) is -1.57. The van der Waals surface area contributed by atoms with Crippen molar-refractivity contribution in [3.8, 4) is 0 Å². The number of hydrogen-bond acceptors (Lipinski definition) is 4. The van der Waals surface area contributed by atoms with Crippen LogP contribution in [0.3, 0.4) is 0 Å². The third-order valence-corrected chi connectivity index (χ3v) is 4.82. The number of anilines is 1. The zero-order chi connectivity index (χ0) is 18.1. The van der Waals surface area contributed by atoms with Crippen molar-refractivity contribution in [3.63, 3.8) is 0 Å². The molecule has 2 heterocycles. The number of urea groups is 1. The van der Waals surface area contributed by atoms with Crippen molar-refractivity contribution >= 4 is 35.2 Å². The molecule has 134 valence electrons. The number of nitrogens with zero attached hydrogens (tertiary/aromatic N) is 2. The lowest BCUT2D eigenvalue weighted by atomic mass is 10.1. The maximum Gasteiger partial charge on any atom is 0.326 e. The number of rotatable bonds is 4. The molecule has 1 aromatic rings. The summed E-state index contributed by atoms with van der Waals surface area (Å²) in [6.45, 7) is 1.19. The molecule has 2 saturated heterocycles. The Labute approximate surface area is 149 Å². The fraction of sp³-hybridized carbons (Fsp3) is 0.438. The third kappa shape index (κ3) is 3.27. The molecule has 3 rings (SSSR count). The lowest BCUT2D eigenvalue weighted by molar-refractivity contribution is -0.141. The van der Waals surface area contributed by atoms with Gasteiger partial charge in [0.15, 0.2) is 0 Å². The first-order chi connectivity index (χ1) is 11.9. The Morgan fingerprint density at radius 1 is 1.40 bits per heavy atom. The maximum atomic E-state index is 12.9. The van der Waals surface area contributed by atoms with Crippen molar-refractivity contribution in [2.75, 3.05) is 31.6 Å². The number of methoxy groups -OCH3 is 1. The first-order valence-corrected chi connectivity index (χ1v) is 8.21. The highest BCUT2D eigenvalue weighted by Crippen LogP contribution is 2.29. The normalized spacial score (nSPS) is 23.0. The predicted octanol–water partition coefficient (Wildman–Crippen LogP) is 1.18. The number of carboxylic acids is 1. The molecule has 25 heavy (non-hydrogen) atoms. The van der Waals surface area contributed by atoms with E-state index in [4.69, 9.17) is 16.3 Å². The minimum atomic E-state index is -1.08. The summed E-state index contributed by atoms with van der Waals surface area (Å²) in [5.41, 5.74) is 0.707. The van der Waals surface area contributed by atoms with Gasteiger partial charge in [-0.1, -0.05) is 11.6 Å². The van der Waals surface area contributed by atoms with Gasteiger partial charge in [0, 0.05) is 38.9 Å². The average Bonchev–Trinajstić information content (AvgIpc) is 3.21.